The number of benzene rings is 1. The van der Waals surface area contributed by atoms with Crippen LogP contribution in [-0.2, 0) is 6.54 Å². The van der Waals surface area contributed by atoms with Gasteiger partial charge in [-0.3, -0.25) is 4.90 Å². The summed E-state index contributed by atoms with van der Waals surface area (Å²) in [5, 5.41) is 15.0. The van der Waals surface area contributed by atoms with Gasteiger partial charge in [-0.15, -0.1) is 5.10 Å². The Labute approximate surface area is 110 Å². The minimum Gasteiger partial charge on any atom is -0.314 e. The van der Waals surface area contributed by atoms with Crippen LogP contribution in [0.15, 0.2) is 24.3 Å². The van der Waals surface area contributed by atoms with Crippen LogP contribution < -0.4 is 5.32 Å². The van der Waals surface area contributed by atoms with Crippen LogP contribution >= 0.6 is 0 Å². The first-order valence-corrected chi connectivity index (χ1v) is 6.29. The molecule has 1 aliphatic rings. The van der Waals surface area contributed by atoms with Gasteiger partial charge in [0, 0.05) is 26.2 Å². The van der Waals surface area contributed by atoms with E-state index in [-0.39, 0.29) is 5.82 Å². The number of tetrazole rings is 1. The molecule has 1 aromatic carbocycles. The number of hydrogen-bond donors (Lipinski definition) is 1. The maximum absolute atomic E-state index is 13.2. The summed E-state index contributed by atoms with van der Waals surface area (Å²) in [7, 11) is 0. The summed E-state index contributed by atoms with van der Waals surface area (Å²) in [6.45, 7) is 4.56. The van der Waals surface area contributed by atoms with E-state index in [0.717, 1.165) is 32.0 Å². The number of halogens is 1. The Morgan fingerprint density at radius 3 is 2.89 bits per heavy atom. The SMILES string of the molecule is Fc1cccc(-n2nnnc2CN2CCNCC2)c1. The zero-order valence-corrected chi connectivity index (χ0v) is 10.5. The molecule has 0 bridgehead atoms. The van der Waals surface area contributed by atoms with Crippen molar-refractivity contribution in [2.24, 2.45) is 0 Å². The Bertz CT molecular complexity index is 549. The smallest absolute Gasteiger partial charge is 0.170 e. The first kappa shape index (κ1) is 12.2. The maximum atomic E-state index is 13.2. The molecule has 0 radical (unpaired) electrons. The van der Waals surface area contributed by atoms with Crippen molar-refractivity contribution in [2.45, 2.75) is 6.54 Å². The average Bonchev–Trinajstić information content (AvgIpc) is 2.88. The quantitative estimate of drug-likeness (QED) is 0.856. The van der Waals surface area contributed by atoms with E-state index in [1.54, 1.807) is 16.8 Å². The van der Waals surface area contributed by atoms with E-state index >= 15 is 0 Å². The van der Waals surface area contributed by atoms with Crippen molar-refractivity contribution in [3.63, 3.8) is 0 Å². The number of rotatable bonds is 3. The van der Waals surface area contributed by atoms with Gasteiger partial charge in [-0.1, -0.05) is 6.07 Å². The molecule has 1 N–H and O–H groups in total. The predicted molar refractivity (Wildman–Crippen MR) is 67.3 cm³/mol. The summed E-state index contributed by atoms with van der Waals surface area (Å²) < 4.78 is 14.8. The highest BCUT2D eigenvalue weighted by Crippen LogP contribution is 2.11. The lowest BCUT2D eigenvalue weighted by Crippen LogP contribution is -2.43. The second-order valence-corrected chi connectivity index (χ2v) is 4.51. The molecular weight excluding hydrogens is 247 g/mol. The lowest BCUT2D eigenvalue weighted by molar-refractivity contribution is 0.226. The standard InChI is InChI=1S/C12H15FN6/c13-10-2-1-3-11(8-10)19-12(15-16-17-19)9-18-6-4-14-5-7-18/h1-3,8,14H,4-7,9H2. The lowest BCUT2D eigenvalue weighted by Gasteiger charge is -2.26. The third-order valence-corrected chi connectivity index (χ3v) is 3.16. The summed E-state index contributed by atoms with van der Waals surface area (Å²) in [4.78, 5) is 2.28. The van der Waals surface area contributed by atoms with E-state index in [1.165, 1.54) is 12.1 Å². The van der Waals surface area contributed by atoms with E-state index < -0.39 is 0 Å². The fourth-order valence-corrected chi connectivity index (χ4v) is 2.18. The molecule has 6 nitrogen and oxygen atoms in total. The third kappa shape index (κ3) is 2.77. The predicted octanol–water partition coefficient (Wildman–Crippen LogP) is 0.207. The van der Waals surface area contributed by atoms with Gasteiger partial charge in [-0.05, 0) is 28.6 Å². The van der Waals surface area contributed by atoms with Crippen molar-refractivity contribution in [1.29, 1.82) is 0 Å². The number of nitrogens with one attached hydrogen (secondary N) is 1. The molecule has 0 atom stereocenters. The van der Waals surface area contributed by atoms with E-state index in [9.17, 15) is 4.39 Å². The lowest BCUT2D eigenvalue weighted by atomic mass is 10.3. The molecular formula is C12H15FN6. The van der Waals surface area contributed by atoms with Gasteiger partial charge >= 0.3 is 0 Å². The molecule has 100 valence electrons. The summed E-state index contributed by atoms with van der Waals surface area (Å²) in [5.74, 6) is 0.439. The molecule has 1 saturated heterocycles. The molecule has 7 heteroatoms. The number of nitrogens with zero attached hydrogens (tertiary/aromatic N) is 5. The molecule has 0 aliphatic carbocycles. The highest BCUT2D eigenvalue weighted by molar-refractivity contribution is 5.31. The summed E-state index contributed by atoms with van der Waals surface area (Å²) in [5.41, 5.74) is 0.648. The Morgan fingerprint density at radius 1 is 1.26 bits per heavy atom. The van der Waals surface area contributed by atoms with Gasteiger partial charge < -0.3 is 5.32 Å². The van der Waals surface area contributed by atoms with Gasteiger partial charge in [0.25, 0.3) is 0 Å². The monoisotopic (exact) mass is 262 g/mol. The molecule has 1 aliphatic heterocycles. The molecule has 19 heavy (non-hydrogen) atoms. The molecule has 1 fully saturated rings. The fourth-order valence-electron chi connectivity index (χ4n) is 2.18. The molecule has 2 heterocycles. The zero-order valence-electron chi connectivity index (χ0n) is 10.5. The molecule has 0 spiro atoms. The minimum absolute atomic E-state index is 0.291. The molecule has 2 aromatic rings. The van der Waals surface area contributed by atoms with Crippen LogP contribution in [0.3, 0.4) is 0 Å². The molecule has 1 aromatic heterocycles. The van der Waals surface area contributed by atoms with Gasteiger partial charge in [0.15, 0.2) is 5.82 Å². The van der Waals surface area contributed by atoms with Crippen LogP contribution in [0.4, 0.5) is 4.39 Å². The highest BCUT2D eigenvalue weighted by Gasteiger charge is 2.15. The second kappa shape index (κ2) is 5.41. The normalized spacial score (nSPS) is 16.7. The first-order valence-electron chi connectivity index (χ1n) is 6.29. The van der Waals surface area contributed by atoms with Crippen LogP contribution in [0, 0.1) is 5.82 Å². The Kier molecular flexibility index (Phi) is 3.47. The maximum Gasteiger partial charge on any atom is 0.170 e. The van der Waals surface area contributed by atoms with Crippen molar-refractivity contribution in [3.8, 4) is 5.69 Å². The Morgan fingerprint density at radius 2 is 2.11 bits per heavy atom. The number of aromatic nitrogens is 4. The zero-order chi connectivity index (χ0) is 13.1. The second-order valence-electron chi connectivity index (χ2n) is 4.51. The van der Waals surface area contributed by atoms with Crippen LogP contribution in [0.2, 0.25) is 0 Å². The molecule has 0 unspecified atom stereocenters. The largest absolute Gasteiger partial charge is 0.314 e. The van der Waals surface area contributed by atoms with Crippen molar-refractivity contribution in [1.82, 2.24) is 30.4 Å². The van der Waals surface area contributed by atoms with Crippen molar-refractivity contribution >= 4 is 0 Å². The van der Waals surface area contributed by atoms with Gasteiger partial charge in [0.1, 0.15) is 5.82 Å². The van der Waals surface area contributed by atoms with Crippen LogP contribution in [0.5, 0.6) is 0 Å². The highest BCUT2D eigenvalue weighted by atomic mass is 19.1. The van der Waals surface area contributed by atoms with E-state index in [0.29, 0.717) is 12.2 Å². The summed E-state index contributed by atoms with van der Waals surface area (Å²) >= 11 is 0. The van der Waals surface area contributed by atoms with Crippen LogP contribution in [-0.4, -0.2) is 51.3 Å². The van der Waals surface area contributed by atoms with Crippen molar-refractivity contribution in [2.75, 3.05) is 26.2 Å². The minimum atomic E-state index is -0.291. The van der Waals surface area contributed by atoms with Crippen molar-refractivity contribution in [3.05, 3.63) is 35.9 Å². The molecule has 3 rings (SSSR count). The number of piperazine rings is 1. The van der Waals surface area contributed by atoms with E-state index in [2.05, 4.69) is 25.7 Å². The molecule has 0 amide bonds. The Balaban J connectivity index is 1.81. The topological polar surface area (TPSA) is 58.9 Å². The number of hydrogen-bond acceptors (Lipinski definition) is 5. The van der Waals surface area contributed by atoms with Crippen LogP contribution in [0.25, 0.3) is 5.69 Å². The van der Waals surface area contributed by atoms with Gasteiger partial charge in [-0.2, -0.15) is 4.68 Å². The van der Waals surface area contributed by atoms with Gasteiger partial charge in [0.05, 0.1) is 12.2 Å². The Hall–Kier alpha value is -1.86. The van der Waals surface area contributed by atoms with Gasteiger partial charge in [-0.25, -0.2) is 4.39 Å². The molecule has 0 saturated carbocycles. The average molecular weight is 262 g/mol. The van der Waals surface area contributed by atoms with Crippen LogP contribution in [0.1, 0.15) is 5.82 Å². The fraction of sp³-hybridized carbons (Fsp3) is 0.417. The van der Waals surface area contributed by atoms with Gasteiger partial charge in [0.2, 0.25) is 0 Å². The van der Waals surface area contributed by atoms with E-state index in [4.69, 9.17) is 0 Å². The summed E-state index contributed by atoms with van der Waals surface area (Å²) in [6.07, 6.45) is 0. The summed E-state index contributed by atoms with van der Waals surface area (Å²) in [6, 6.07) is 6.28. The first-order chi connectivity index (χ1) is 9.33. The van der Waals surface area contributed by atoms with Crippen molar-refractivity contribution < 1.29 is 4.39 Å². The van der Waals surface area contributed by atoms with E-state index in [1.807, 2.05) is 0 Å². The third-order valence-electron chi connectivity index (χ3n) is 3.16.